The van der Waals surface area contributed by atoms with E-state index in [0.29, 0.717) is 11.3 Å². The highest BCUT2D eigenvalue weighted by Crippen LogP contribution is 2.34. The van der Waals surface area contributed by atoms with Crippen LogP contribution < -0.4 is 4.74 Å². The first kappa shape index (κ1) is 18.1. The van der Waals surface area contributed by atoms with Crippen molar-refractivity contribution >= 4 is 12.6 Å². The molecule has 0 saturated carbocycles. The van der Waals surface area contributed by atoms with Gasteiger partial charge in [-0.2, -0.15) is 0 Å². The maximum absolute atomic E-state index is 10.3. The zero-order chi connectivity index (χ0) is 19.5. The third-order valence-electron chi connectivity index (χ3n) is 4.57. The smallest absolute Gasteiger partial charge is 0.124 e. The van der Waals surface area contributed by atoms with Crippen LogP contribution in [0, 0.1) is 0 Å². The summed E-state index contributed by atoms with van der Waals surface area (Å²) in [5, 5.41) is 10.3. The van der Waals surface area contributed by atoms with Gasteiger partial charge in [0.25, 0.3) is 0 Å². The molecule has 1 aromatic heterocycles. The molecule has 0 aliphatic rings. The van der Waals surface area contributed by atoms with Crippen LogP contribution in [0.5, 0.6) is 11.5 Å². The first-order valence-corrected chi connectivity index (χ1v) is 9.33. The Kier molecular flexibility index (Phi) is 5.04. The molecule has 0 fully saturated rings. The third kappa shape index (κ3) is 3.73. The number of hydrogen-bond acceptors (Lipinski definition) is 4. The number of hydrogen-bond donors (Lipinski definition) is 2. The van der Waals surface area contributed by atoms with Crippen LogP contribution in [-0.4, -0.2) is 17.2 Å². The number of ether oxygens (including phenoxy) is 1. The zero-order valence-corrected chi connectivity index (χ0v) is 16.2. The van der Waals surface area contributed by atoms with Gasteiger partial charge in [0.2, 0.25) is 0 Å². The minimum Gasteiger partial charge on any atom is -0.507 e. The molecule has 0 saturated heterocycles. The molecule has 4 rings (SSSR count). The Morgan fingerprint density at radius 3 is 2.21 bits per heavy atom. The zero-order valence-electron chi connectivity index (χ0n) is 15.3. The molecule has 3 nitrogen and oxygen atoms in total. The lowest BCUT2D eigenvalue weighted by Gasteiger charge is -2.12. The number of benzene rings is 3. The van der Waals surface area contributed by atoms with Gasteiger partial charge in [0.05, 0.1) is 18.5 Å². The Morgan fingerprint density at radius 1 is 0.750 bits per heavy atom. The first-order chi connectivity index (χ1) is 13.6. The molecule has 0 bridgehead atoms. The average molecular weight is 385 g/mol. The monoisotopic (exact) mass is 385 g/mol. The van der Waals surface area contributed by atoms with E-state index in [1.165, 1.54) is 0 Å². The molecule has 0 atom stereocenters. The van der Waals surface area contributed by atoms with Crippen LogP contribution in [0.15, 0.2) is 89.8 Å². The number of para-hydroxylation sites is 1. The van der Waals surface area contributed by atoms with Crippen molar-refractivity contribution in [2.45, 2.75) is 4.90 Å². The van der Waals surface area contributed by atoms with Crippen molar-refractivity contribution in [3.05, 3.63) is 84.9 Å². The van der Waals surface area contributed by atoms with Crippen LogP contribution in [0.3, 0.4) is 0 Å². The van der Waals surface area contributed by atoms with Gasteiger partial charge in [0.15, 0.2) is 0 Å². The number of pyridine rings is 1. The number of methoxy groups -OCH3 is 1. The number of nitrogens with zero attached hydrogens (tertiary/aromatic N) is 1. The molecular formula is C24H19NO2S. The lowest BCUT2D eigenvalue weighted by molar-refractivity contribution is 0.415. The second kappa shape index (κ2) is 7.79. The van der Waals surface area contributed by atoms with E-state index in [0.717, 1.165) is 33.0 Å². The van der Waals surface area contributed by atoms with Crippen molar-refractivity contribution in [3.63, 3.8) is 0 Å². The Labute approximate surface area is 169 Å². The predicted octanol–water partition coefficient (Wildman–Crippen LogP) is 6.09. The highest BCUT2D eigenvalue weighted by Gasteiger charge is 2.11. The number of aromatic nitrogens is 1. The van der Waals surface area contributed by atoms with Crippen LogP contribution in [0.2, 0.25) is 0 Å². The molecule has 0 radical (unpaired) electrons. The van der Waals surface area contributed by atoms with Crippen LogP contribution in [-0.2, 0) is 0 Å². The summed E-state index contributed by atoms with van der Waals surface area (Å²) in [6.45, 7) is 0. The minimum atomic E-state index is 0.204. The maximum Gasteiger partial charge on any atom is 0.124 e. The Bertz CT molecular complexity index is 1120. The van der Waals surface area contributed by atoms with Gasteiger partial charge in [-0.15, -0.1) is 12.6 Å². The van der Waals surface area contributed by atoms with Gasteiger partial charge in [-0.05, 0) is 59.7 Å². The summed E-state index contributed by atoms with van der Waals surface area (Å²) in [4.78, 5) is 5.69. The summed E-state index contributed by atoms with van der Waals surface area (Å²) in [6.07, 6.45) is 0. The Hall–Kier alpha value is -3.24. The van der Waals surface area contributed by atoms with Gasteiger partial charge in [-0.25, -0.2) is 4.98 Å². The summed E-state index contributed by atoms with van der Waals surface area (Å²) in [7, 11) is 1.65. The molecule has 0 amide bonds. The van der Waals surface area contributed by atoms with E-state index in [-0.39, 0.29) is 5.75 Å². The molecule has 3 aromatic carbocycles. The quantitative estimate of drug-likeness (QED) is 0.418. The van der Waals surface area contributed by atoms with E-state index in [9.17, 15) is 5.11 Å². The van der Waals surface area contributed by atoms with Crippen molar-refractivity contribution < 1.29 is 9.84 Å². The predicted molar refractivity (Wildman–Crippen MR) is 116 cm³/mol. The lowest BCUT2D eigenvalue weighted by Crippen LogP contribution is -1.92. The van der Waals surface area contributed by atoms with E-state index in [4.69, 9.17) is 9.72 Å². The molecule has 4 heteroatoms. The highest BCUT2D eigenvalue weighted by molar-refractivity contribution is 7.80. The summed E-state index contributed by atoms with van der Waals surface area (Å²) in [5.41, 5.74) is 5.26. The second-order valence-corrected chi connectivity index (χ2v) is 6.94. The topological polar surface area (TPSA) is 42.4 Å². The molecule has 0 aliphatic carbocycles. The van der Waals surface area contributed by atoms with E-state index in [1.807, 2.05) is 72.8 Å². The molecule has 4 aromatic rings. The summed E-state index contributed by atoms with van der Waals surface area (Å²) >= 11 is 4.45. The van der Waals surface area contributed by atoms with Crippen molar-refractivity contribution in [3.8, 4) is 45.1 Å². The van der Waals surface area contributed by atoms with E-state index in [1.54, 1.807) is 19.2 Å². The van der Waals surface area contributed by atoms with Gasteiger partial charge < -0.3 is 9.84 Å². The van der Waals surface area contributed by atoms with Gasteiger partial charge in [-0.3, -0.25) is 0 Å². The first-order valence-electron chi connectivity index (χ1n) is 8.88. The van der Waals surface area contributed by atoms with Crippen molar-refractivity contribution in [1.29, 1.82) is 0 Å². The van der Waals surface area contributed by atoms with Crippen molar-refractivity contribution in [1.82, 2.24) is 4.98 Å². The summed E-state index contributed by atoms with van der Waals surface area (Å²) in [6, 6.07) is 27.1. The van der Waals surface area contributed by atoms with E-state index in [2.05, 4.69) is 12.6 Å². The number of thiol groups is 1. The molecule has 0 aliphatic heterocycles. The van der Waals surface area contributed by atoms with Gasteiger partial charge >= 0.3 is 0 Å². The number of aromatic hydroxyl groups is 1. The number of phenolic OH excluding ortho intramolecular Hbond substituents is 1. The summed E-state index contributed by atoms with van der Waals surface area (Å²) in [5.74, 6) is 1.01. The van der Waals surface area contributed by atoms with Crippen LogP contribution in [0.25, 0.3) is 33.6 Å². The number of rotatable bonds is 4. The van der Waals surface area contributed by atoms with Crippen LogP contribution >= 0.6 is 12.6 Å². The Morgan fingerprint density at radius 2 is 1.50 bits per heavy atom. The summed E-state index contributed by atoms with van der Waals surface area (Å²) < 4.78 is 5.27. The lowest BCUT2D eigenvalue weighted by atomic mass is 9.99. The maximum atomic E-state index is 10.3. The van der Waals surface area contributed by atoms with Crippen LogP contribution in [0.4, 0.5) is 0 Å². The second-order valence-electron chi connectivity index (χ2n) is 6.42. The molecule has 1 N–H and O–H groups in total. The Balaban J connectivity index is 1.91. The average Bonchev–Trinajstić information content (AvgIpc) is 2.74. The van der Waals surface area contributed by atoms with Gasteiger partial charge in [0.1, 0.15) is 11.5 Å². The van der Waals surface area contributed by atoms with E-state index < -0.39 is 0 Å². The fraction of sp³-hybridized carbons (Fsp3) is 0.0417. The molecule has 138 valence electrons. The fourth-order valence-corrected chi connectivity index (χ4v) is 3.35. The number of phenols is 1. The molecule has 28 heavy (non-hydrogen) atoms. The molecular weight excluding hydrogens is 366 g/mol. The van der Waals surface area contributed by atoms with Crippen molar-refractivity contribution in [2.24, 2.45) is 0 Å². The van der Waals surface area contributed by atoms with Crippen LogP contribution in [0.1, 0.15) is 0 Å². The standard InChI is InChI=1S/C24H19NO2S/c1-27-19-11-9-16(10-12-19)18-14-22(17-5-4-6-20(28)13-17)25-23(15-18)21-7-2-3-8-24(21)26/h2-15,26,28H,1H3. The third-order valence-corrected chi connectivity index (χ3v) is 4.85. The molecule has 0 unspecified atom stereocenters. The normalized spacial score (nSPS) is 10.6. The van der Waals surface area contributed by atoms with Gasteiger partial charge in [0, 0.05) is 16.0 Å². The highest BCUT2D eigenvalue weighted by atomic mass is 32.1. The minimum absolute atomic E-state index is 0.204. The fourth-order valence-electron chi connectivity index (χ4n) is 3.12. The largest absolute Gasteiger partial charge is 0.507 e. The van der Waals surface area contributed by atoms with Gasteiger partial charge in [-0.1, -0.05) is 36.4 Å². The van der Waals surface area contributed by atoms with E-state index >= 15 is 0 Å². The SMILES string of the molecule is COc1ccc(-c2cc(-c3cccc(S)c3)nc(-c3ccccc3O)c2)cc1. The van der Waals surface area contributed by atoms with Crippen molar-refractivity contribution in [2.75, 3.05) is 7.11 Å². The molecule has 0 spiro atoms. The molecule has 1 heterocycles.